The largest absolute Gasteiger partial charge is 0.495 e. The van der Waals surface area contributed by atoms with Gasteiger partial charge in [0.15, 0.2) is 0 Å². The van der Waals surface area contributed by atoms with E-state index in [2.05, 4.69) is 5.32 Å². The summed E-state index contributed by atoms with van der Waals surface area (Å²) in [5.41, 5.74) is 2.98. The fourth-order valence-electron chi connectivity index (χ4n) is 2.98. The molecular formula is C20H21ClN2O3. The first-order chi connectivity index (χ1) is 12.5. The van der Waals surface area contributed by atoms with Crippen molar-refractivity contribution in [2.24, 2.45) is 0 Å². The van der Waals surface area contributed by atoms with Crippen molar-refractivity contribution in [2.75, 3.05) is 19.0 Å². The van der Waals surface area contributed by atoms with Crippen LogP contribution in [0.25, 0.3) is 0 Å². The minimum Gasteiger partial charge on any atom is -0.495 e. The van der Waals surface area contributed by atoms with E-state index in [1.54, 1.807) is 24.3 Å². The third kappa shape index (κ3) is 3.99. The third-order valence-electron chi connectivity index (χ3n) is 4.49. The Kier molecular flexibility index (Phi) is 5.47. The topological polar surface area (TPSA) is 58.6 Å². The summed E-state index contributed by atoms with van der Waals surface area (Å²) in [7, 11) is 1.53. The van der Waals surface area contributed by atoms with Crippen LogP contribution < -0.4 is 10.1 Å². The Balaban J connectivity index is 1.70. The van der Waals surface area contributed by atoms with Gasteiger partial charge in [0, 0.05) is 36.2 Å². The number of carbonyl (C=O) groups excluding carboxylic acids is 2. The summed E-state index contributed by atoms with van der Waals surface area (Å²) >= 11 is 6.09. The Hall–Kier alpha value is -2.53. The molecule has 2 amide bonds. The van der Waals surface area contributed by atoms with E-state index in [9.17, 15) is 9.59 Å². The second kappa shape index (κ2) is 7.79. The fourth-order valence-corrected chi connectivity index (χ4v) is 3.13. The van der Waals surface area contributed by atoms with E-state index in [0.717, 1.165) is 24.1 Å². The van der Waals surface area contributed by atoms with E-state index in [1.165, 1.54) is 7.11 Å². The molecular weight excluding hydrogens is 352 g/mol. The first kappa shape index (κ1) is 18.3. The molecule has 1 aliphatic heterocycles. The Morgan fingerprint density at radius 1 is 1.27 bits per heavy atom. The van der Waals surface area contributed by atoms with Gasteiger partial charge in [-0.15, -0.1) is 0 Å². The Bertz CT molecular complexity index is 834. The second-order valence-electron chi connectivity index (χ2n) is 6.37. The second-order valence-corrected chi connectivity index (χ2v) is 6.78. The lowest BCUT2D eigenvalue weighted by atomic mass is 10.1. The molecule has 3 rings (SSSR count). The molecule has 1 heterocycles. The van der Waals surface area contributed by atoms with Gasteiger partial charge < -0.3 is 15.0 Å². The van der Waals surface area contributed by atoms with Crippen molar-refractivity contribution in [1.29, 1.82) is 0 Å². The van der Waals surface area contributed by atoms with Crippen LogP contribution in [0.15, 0.2) is 36.4 Å². The predicted octanol–water partition coefficient (Wildman–Crippen LogP) is 4.03. The molecule has 2 aromatic rings. The first-order valence-corrected chi connectivity index (χ1v) is 8.88. The zero-order chi connectivity index (χ0) is 18.7. The number of hydrogen-bond donors (Lipinski definition) is 1. The number of aryl methyl sites for hydroxylation is 1. The number of halogens is 1. The molecule has 0 atom stereocenters. The maximum Gasteiger partial charge on any atom is 0.255 e. The standard InChI is InChI=1S/C20H21ClN2O3/c1-13-10-17(18(26-2)11-16(13)21)22-20(25)15-7-5-14(6-8-15)12-23-9-3-4-19(23)24/h5-8,10-11H,3-4,9,12H2,1-2H3,(H,22,25). The molecule has 26 heavy (non-hydrogen) atoms. The van der Waals surface area contributed by atoms with Crippen molar-refractivity contribution >= 4 is 29.1 Å². The normalized spacial score (nSPS) is 13.8. The highest BCUT2D eigenvalue weighted by Gasteiger charge is 2.20. The minimum atomic E-state index is -0.228. The maximum atomic E-state index is 12.5. The zero-order valence-corrected chi connectivity index (χ0v) is 15.6. The summed E-state index contributed by atoms with van der Waals surface area (Å²) in [6.45, 7) is 3.26. The number of rotatable bonds is 5. The molecule has 0 bridgehead atoms. The van der Waals surface area contributed by atoms with E-state index in [-0.39, 0.29) is 11.8 Å². The van der Waals surface area contributed by atoms with E-state index < -0.39 is 0 Å². The van der Waals surface area contributed by atoms with Gasteiger partial charge in [-0.25, -0.2) is 0 Å². The van der Waals surface area contributed by atoms with Gasteiger partial charge in [0.2, 0.25) is 5.91 Å². The number of likely N-dealkylation sites (tertiary alicyclic amines) is 1. The minimum absolute atomic E-state index is 0.192. The molecule has 1 fully saturated rings. The molecule has 6 heteroatoms. The molecule has 0 radical (unpaired) electrons. The molecule has 0 aromatic heterocycles. The number of nitrogens with zero attached hydrogens (tertiary/aromatic N) is 1. The monoisotopic (exact) mass is 372 g/mol. The predicted molar refractivity (Wildman–Crippen MR) is 102 cm³/mol. The fraction of sp³-hybridized carbons (Fsp3) is 0.300. The van der Waals surface area contributed by atoms with Crippen LogP contribution in [0.4, 0.5) is 5.69 Å². The van der Waals surface area contributed by atoms with E-state index in [0.29, 0.717) is 35.0 Å². The van der Waals surface area contributed by atoms with Crippen molar-refractivity contribution in [3.63, 3.8) is 0 Å². The van der Waals surface area contributed by atoms with E-state index in [1.807, 2.05) is 24.0 Å². The number of amides is 2. The van der Waals surface area contributed by atoms with Crippen LogP contribution in [-0.4, -0.2) is 30.4 Å². The lowest BCUT2D eigenvalue weighted by molar-refractivity contribution is -0.128. The number of hydrogen-bond acceptors (Lipinski definition) is 3. The summed E-state index contributed by atoms with van der Waals surface area (Å²) in [6.07, 6.45) is 1.55. The Morgan fingerprint density at radius 2 is 2.00 bits per heavy atom. The van der Waals surface area contributed by atoms with Crippen LogP contribution in [0.2, 0.25) is 5.02 Å². The summed E-state index contributed by atoms with van der Waals surface area (Å²) < 4.78 is 5.28. The molecule has 1 aliphatic rings. The third-order valence-corrected chi connectivity index (χ3v) is 4.90. The molecule has 1 saturated heterocycles. The SMILES string of the molecule is COc1cc(Cl)c(C)cc1NC(=O)c1ccc(CN2CCCC2=O)cc1. The summed E-state index contributed by atoms with van der Waals surface area (Å²) in [6, 6.07) is 10.8. The number of nitrogens with one attached hydrogen (secondary N) is 1. The molecule has 0 unspecified atom stereocenters. The average molecular weight is 373 g/mol. The van der Waals surface area contributed by atoms with Crippen LogP contribution in [0.3, 0.4) is 0 Å². The summed E-state index contributed by atoms with van der Waals surface area (Å²) in [4.78, 5) is 26.1. The highest BCUT2D eigenvalue weighted by Crippen LogP contribution is 2.31. The lowest BCUT2D eigenvalue weighted by Gasteiger charge is -2.16. The lowest BCUT2D eigenvalue weighted by Crippen LogP contribution is -2.23. The van der Waals surface area contributed by atoms with E-state index in [4.69, 9.17) is 16.3 Å². The Labute approximate surface area is 157 Å². The quantitative estimate of drug-likeness (QED) is 0.861. The van der Waals surface area contributed by atoms with Crippen LogP contribution in [0, 0.1) is 6.92 Å². The maximum absolute atomic E-state index is 12.5. The van der Waals surface area contributed by atoms with Gasteiger partial charge >= 0.3 is 0 Å². The van der Waals surface area contributed by atoms with Crippen LogP contribution in [0.5, 0.6) is 5.75 Å². The summed E-state index contributed by atoms with van der Waals surface area (Å²) in [5, 5.41) is 3.44. The first-order valence-electron chi connectivity index (χ1n) is 8.50. The van der Waals surface area contributed by atoms with Crippen LogP contribution >= 0.6 is 11.6 Å². The molecule has 5 nitrogen and oxygen atoms in total. The van der Waals surface area contributed by atoms with Crippen molar-refractivity contribution in [3.8, 4) is 5.75 Å². The highest BCUT2D eigenvalue weighted by atomic mass is 35.5. The molecule has 0 spiro atoms. The van der Waals surface area contributed by atoms with Crippen LogP contribution in [-0.2, 0) is 11.3 Å². The number of anilines is 1. The summed E-state index contributed by atoms with van der Waals surface area (Å²) in [5.74, 6) is 0.476. The van der Waals surface area contributed by atoms with Crippen molar-refractivity contribution in [3.05, 3.63) is 58.1 Å². The molecule has 2 aromatic carbocycles. The van der Waals surface area contributed by atoms with Crippen molar-refractivity contribution in [2.45, 2.75) is 26.3 Å². The molecule has 0 saturated carbocycles. The van der Waals surface area contributed by atoms with Gasteiger partial charge in [-0.2, -0.15) is 0 Å². The van der Waals surface area contributed by atoms with Gasteiger partial charge in [-0.05, 0) is 42.7 Å². The highest BCUT2D eigenvalue weighted by molar-refractivity contribution is 6.31. The Morgan fingerprint density at radius 3 is 2.62 bits per heavy atom. The van der Waals surface area contributed by atoms with Crippen molar-refractivity contribution in [1.82, 2.24) is 4.90 Å². The van der Waals surface area contributed by atoms with Gasteiger partial charge in [0.1, 0.15) is 5.75 Å². The van der Waals surface area contributed by atoms with Gasteiger partial charge in [-0.3, -0.25) is 9.59 Å². The van der Waals surface area contributed by atoms with Crippen LogP contribution in [0.1, 0.15) is 34.3 Å². The smallest absolute Gasteiger partial charge is 0.255 e. The average Bonchev–Trinajstić information content (AvgIpc) is 3.03. The number of benzene rings is 2. The molecule has 0 aliphatic carbocycles. The van der Waals surface area contributed by atoms with Gasteiger partial charge in [-0.1, -0.05) is 23.7 Å². The number of methoxy groups -OCH3 is 1. The molecule has 1 N–H and O–H groups in total. The van der Waals surface area contributed by atoms with Gasteiger partial charge in [0.25, 0.3) is 5.91 Å². The number of carbonyl (C=O) groups is 2. The van der Waals surface area contributed by atoms with Crippen molar-refractivity contribution < 1.29 is 14.3 Å². The molecule has 136 valence electrons. The zero-order valence-electron chi connectivity index (χ0n) is 14.8. The van der Waals surface area contributed by atoms with E-state index >= 15 is 0 Å². The van der Waals surface area contributed by atoms with Gasteiger partial charge in [0.05, 0.1) is 12.8 Å². The number of ether oxygens (including phenoxy) is 1.